The Bertz CT molecular complexity index is 691. The van der Waals surface area contributed by atoms with Crippen molar-refractivity contribution in [1.82, 2.24) is 19.7 Å². The van der Waals surface area contributed by atoms with Gasteiger partial charge in [0.15, 0.2) is 0 Å². The van der Waals surface area contributed by atoms with Crippen LogP contribution >= 0.6 is 0 Å². The van der Waals surface area contributed by atoms with Gasteiger partial charge in [-0.15, -0.1) is 0 Å². The number of likely N-dealkylation sites (N-methyl/N-ethyl adjacent to an activating group) is 1. The molecule has 3 rings (SSSR count). The predicted octanol–water partition coefficient (Wildman–Crippen LogP) is 1.95. The number of amides is 1. The molecule has 2 aromatic rings. The van der Waals surface area contributed by atoms with Crippen LogP contribution in [0.4, 0.5) is 0 Å². The largest absolute Gasteiger partial charge is 0.388 e. The molecule has 1 fully saturated rings. The van der Waals surface area contributed by atoms with Crippen molar-refractivity contribution in [3.63, 3.8) is 0 Å². The van der Waals surface area contributed by atoms with Gasteiger partial charge in [0.1, 0.15) is 12.7 Å². The molecule has 1 aliphatic carbocycles. The summed E-state index contributed by atoms with van der Waals surface area (Å²) in [5.41, 5.74) is 1.68. The van der Waals surface area contributed by atoms with E-state index in [0.29, 0.717) is 12.1 Å². The molecule has 1 aliphatic rings. The molecule has 0 unspecified atom stereocenters. The maximum Gasteiger partial charge on any atom is 0.253 e. The van der Waals surface area contributed by atoms with Gasteiger partial charge in [-0.3, -0.25) is 4.79 Å². The molecule has 1 heterocycles. The first-order valence-corrected chi connectivity index (χ1v) is 7.92. The zero-order chi connectivity index (χ0) is 16.4. The summed E-state index contributed by atoms with van der Waals surface area (Å²) in [4.78, 5) is 18.2. The Morgan fingerprint density at radius 2 is 2.13 bits per heavy atom. The molecule has 6 heteroatoms. The first-order chi connectivity index (χ1) is 11.0. The average Bonchev–Trinajstić information content (AvgIpc) is 3.18. The van der Waals surface area contributed by atoms with Crippen molar-refractivity contribution in [1.29, 1.82) is 0 Å². The van der Waals surface area contributed by atoms with E-state index in [-0.39, 0.29) is 5.91 Å². The topological polar surface area (TPSA) is 71.2 Å². The van der Waals surface area contributed by atoms with E-state index < -0.39 is 5.60 Å². The predicted molar refractivity (Wildman–Crippen MR) is 86.5 cm³/mol. The first-order valence-electron chi connectivity index (χ1n) is 7.92. The van der Waals surface area contributed by atoms with Crippen LogP contribution in [0.1, 0.15) is 41.6 Å². The zero-order valence-corrected chi connectivity index (χ0v) is 13.6. The Morgan fingerprint density at radius 3 is 2.74 bits per heavy atom. The van der Waals surface area contributed by atoms with E-state index in [2.05, 4.69) is 10.1 Å². The fourth-order valence-electron chi connectivity index (χ4n) is 3.28. The molecule has 1 aromatic carbocycles. The Kier molecular flexibility index (Phi) is 4.17. The molecule has 1 saturated carbocycles. The highest BCUT2D eigenvalue weighted by molar-refractivity contribution is 5.95. The second kappa shape index (κ2) is 6.12. The third-order valence-corrected chi connectivity index (χ3v) is 4.54. The van der Waals surface area contributed by atoms with Gasteiger partial charge >= 0.3 is 0 Å². The van der Waals surface area contributed by atoms with Crippen LogP contribution in [-0.4, -0.2) is 49.9 Å². The van der Waals surface area contributed by atoms with Crippen LogP contribution in [0.3, 0.4) is 0 Å². The first kappa shape index (κ1) is 15.7. The highest BCUT2D eigenvalue weighted by Crippen LogP contribution is 2.30. The van der Waals surface area contributed by atoms with Crippen molar-refractivity contribution >= 4 is 5.91 Å². The molecule has 6 nitrogen and oxygen atoms in total. The van der Waals surface area contributed by atoms with Crippen molar-refractivity contribution in [3.05, 3.63) is 42.0 Å². The molecule has 0 bridgehead atoms. The maximum absolute atomic E-state index is 12.7. The standard InChI is InChI=1S/C17H22N4O2/c1-13-9-14(21-12-18-11-19-21)5-6-15(13)16(22)20(2)10-17(23)7-3-4-8-17/h5-6,9,11-12,23H,3-4,7-8,10H2,1-2H3. The number of carbonyl (C=O) groups is 1. The minimum atomic E-state index is -0.723. The van der Waals surface area contributed by atoms with E-state index in [1.807, 2.05) is 25.1 Å². The highest BCUT2D eigenvalue weighted by atomic mass is 16.3. The van der Waals surface area contributed by atoms with Crippen molar-refractivity contribution < 1.29 is 9.90 Å². The number of rotatable bonds is 4. The minimum absolute atomic E-state index is 0.0621. The molecule has 0 saturated heterocycles. The summed E-state index contributed by atoms with van der Waals surface area (Å²) in [6, 6.07) is 5.58. The molecule has 1 aromatic heterocycles. The lowest BCUT2D eigenvalue weighted by molar-refractivity contribution is 0.0156. The summed E-state index contributed by atoms with van der Waals surface area (Å²) in [6.07, 6.45) is 6.71. The SMILES string of the molecule is Cc1cc(-n2cncn2)ccc1C(=O)N(C)CC1(O)CCCC1. The van der Waals surface area contributed by atoms with E-state index in [4.69, 9.17) is 0 Å². The summed E-state index contributed by atoms with van der Waals surface area (Å²) in [5.74, 6) is -0.0621. The molecule has 0 aliphatic heterocycles. The zero-order valence-electron chi connectivity index (χ0n) is 13.6. The second-order valence-electron chi connectivity index (χ2n) is 6.43. The van der Waals surface area contributed by atoms with Crippen molar-refractivity contribution in [2.24, 2.45) is 0 Å². The Morgan fingerprint density at radius 1 is 1.39 bits per heavy atom. The molecule has 0 spiro atoms. The molecule has 122 valence electrons. The van der Waals surface area contributed by atoms with Crippen molar-refractivity contribution in [2.45, 2.75) is 38.2 Å². The van der Waals surface area contributed by atoms with Crippen molar-refractivity contribution in [2.75, 3.05) is 13.6 Å². The molecule has 1 N–H and O–H groups in total. The Hall–Kier alpha value is -2.21. The van der Waals surface area contributed by atoms with Crippen LogP contribution in [0.5, 0.6) is 0 Å². The summed E-state index contributed by atoms with van der Waals surface area (Å²) >= 11 is 0. The summed E-state index contributed by atoms with van der Waals surface area (Å²) in [5, 5.41) is 14.6. The van der Waals surface area contributed by atoms with Gasteiger partial charge < -0.3 is 10.0 Å². The van der Waals surface area contributed by atoms with Gasteiger partial charge in [-0.1, -0.05) is 12.8 Å². The third kappa shape index (κ3) is 3.27. The highest BCUT2D eigenvalue weighted by Gasteiger charge is 2.33. The van der Waals surface area contributed by atoms with Crippen LogP contribution in [0.15, 0.2) is 30.9 Å². The number of carbonyl (C=O) groups excluding carboxylic acids is 1. The van der Waals surface area contributed by atoms with Gasteiger partial charge in [0.2, 0.25) is 0 Å². The van der Waals surface area contributed by atoms with Crippen LogP contribution < -0.4 is 0 Å². The molecule has 0 radical (unpaired) electrons. The summed E-state index contributed by atoms with van der Waals surface area (Å²) in [7, 11) is 1.75. The van der Waals surface area contributed by atoms with Crippen LogP contribution in [0.2, 0.25) is 0 Å². The molecule has 0 atom stereocenters. The third-order valence-electron chi connectivity index (χ3n) is 4.54. The molecule has 1 amide bonds. The lowest BCUT2D eigenvalue weighted by Crippen LogP contribution is -2.42. The van der Waals surface area contributed by atoms with Gasteiger partial charge in [0.05, 0.1) is 11.3 Å². The van der Waals surface area contributed by atoms with E-state index in [1.165, 1.54) is 6.33 Å². The van der Waals surface area contributed by atoms with Crippen molar-refractivity contribution in [3.8, 4) is 5.69 Å². The minimum Gasteiger partial charge on any atom is -0.388 e. The summed E-state index contributed by atoms with van der Waals surface area (Å²) < 4.78 is 1.66. The second-order valence-corrected chi connectivity index (χ2v) is 6.43. The quantitative estimate of drug-likeness (QED) is 0.936. The van der Waals surface area contributed by atoms with E-state index in [1.54, 1.807) is 23.0 Å². The lowest BCUT2D eigenvalue weighted by Gasteiger charge is -2.29. The van der Waals surface area contributed by atoms with Crippen LogP contribution in [0.25, 0.3) is 5.69 Å². The van der Waals surface area contributed by atoms with Gasteiger partial charge in [-0.05, 0) is 43.5 Å². The fourth-order valence-corrected chi connectivity index (χ4v) is 3.28. The maximum atomic E-state index is 12.7. The number of aliphatic hydroxyl groups is 1. The van der Waals surface area contributed by atoms with Gasteiger partial charge in [-0.25, -0.2) is 9.67 Å². The Labute approximate surface area is 135 Å². The van der Waals surface area contributed by atoms with E-state index in [9.17, 15) is 9.90 Å². The Balaban J connectivity index is 1.76. The smallest absolute Gasteiger partial charge is 0.253 e. The van der Waals surface area contributed by atoms with E-state index in [0.717, 1.165) is 36.9 Å². The molecular weight excluding hydrogens is 292 g/mol. The molecule has 23 heavy (non-hydrogen) atoms. The number of benzene rings is 1. The average molecular weight is 314 g/mol. The lowest BCUT2D eigenvalue weighted by atomic mass is 10.0. The number of aromatic nitrogens is 3. The van der Waals surface area contributed by atoms with E-state index >= 15 is 0 Å². The van der Waals surface area contributed by atoms with Gasteiger partial charge in [0.25, 0.3) is 5.91 Å². The molecular formula is C17H22N4O2. The van der Waals surface area contributed by atoms with Crippen LogP contribution in [-0.2, 0) is 0 Å². The fraction of sp³-hybridized carbons (Fsp3) is 0.471. The number of hydrogen-bond acceptors (Lipinski definition) is 4. The number of aryl methyl sites for hydroxylation is 1. The normalized spacial score (nSPS) is 16.5. The van der Waals surface area contributed by atoms with Crippen LogP contribution in [0, 0.1) is 6.92 Å². The number of nitrogens with zero attached hydrogens (tertiary/aromatic N) is 4. The number of hydrogen-bond donors (Lipinski definition) is 1. The van der Waals surface area contributed by atoms with Gasteiger partial charge in [0, 0.05) is 19.2 Å². The summed E-state index contributed by atoms with van der Waals surface area (Å²) in [6.45, 7) is 2.29. The monoisotopic (exact) mass is 314 g/mol. The van der Waals surface area contributed by atoms with Gasteiger partial charge in [-0.2, -0.15) is 5.10 Å².